The van der Waals surface area contributed by atoms with Gasteiger partial charge in [0.05, 0.1) is 0 Å². The summed E-state index contributed by atoms with van der Waals surface area (Å²) in [6.07, 6.45) is 4.11. The molecule has 0 bridgehead atoms. The van der Waals surface area contributed by atoms with Crippen LogP contribution in [0.25, 0.3) is 0 Å². The molecule has 0 aromatic carbocycles. The van der Waals surface area contributed by atoms with Crippen molar-refractivity contribution in [1.29, 1.82) is 0 Å². The number of hydrogen-bond acceptors (Lipinski definition) is 3. The van der Waals surface area contributed by atoms with Gasteiger partial charge in [-0.25, -0.2) is 0 Å². The molecule has 1 heterocycles. The minimum atomic E-state index is 0.155. The number of aliphatic hydroxyl groups excluding tert-OH is 1. The standard InChI is InChI=1S/C12H21NO2S/c1-2-16-11-4-3-10(6-11)13-7-9(8-14)5-12(13)15/h9-11,14H,2-8H2,1H3. The molecule has 0 aromatic rings. The Bertz CT molecular complexity index is 259. The van der Waals surface area contributed by atoms with Gasteiger partial charge in [-0.05, 0) is 25.0 Å². The van der Waals surface area contributed by atoms with Crippen LogP contribution in [0.15, 0.2) is 0 Å². The van der Waals surface area contributed by atoms with E-state index in [-0.39, 0.29) is 18.4 Å². The normalized spacial score (nSPS) is 35.0. The molecule has 2 fully saturated rings. The van der Waals surface area contributed by atoms with Gasteiger partial charge in [0.25, 0.3) is 0 Å². The molecule has 1 aliphatic carbocycles. The van der Waals surface area contributed by atoms with Gasteiger partial charge in [-0.1, -0.05) is 6.92 Å². The molecular weight excluding hydrogens is 222 g/mol. The first-order valence-corrected chi connectivity index (χ1v) is 7.31. The van der Waals surface area contributed by atoms with Crippen LogP contribution >= 0.6 is 11.8 Å². The Balaban J connectivity index is 1.87. The van der Waals surface area contributed by atoms with Crippen molar-refractivity contribution in [3.05, 3.63) is 0 Å². The number of nitrogens with zero attached hydrogens (tertiary/aromatic N) is 1. The largest absolute Gasteiger partial charge is 0.396 e. The zero-order valence-electron chi connectivity index (χ0n) is 9.89. The third kappa shape index (κ3) is 2.54. The first-order valence-electron chi connectivity index (χ1n) is 6.26. The second-order valence-corrected chi connectivity index (χ2v) is 6.42. The third-order valence-corrected chi connectivity index (χ3v) is 4.93. The van der Waals surface area contributed by atoms with E-state index >= 15 is 0 Å². The van der Waals surface area contributed by atoms with Crippen molar-refractivity contribution in [2.45, 2.75) is 43.9 Å². The van der Waals surface area contributed by atoms with Crippen LogP contribution in [0.5, 0.6) is 0 Å². The molecule has 1 N–H and O–H groups in total. The first kappa shape index (κ1) is 12.2. The molecule has 3 unspecified atom stereocenters. The maximum Gasteiger partial charge on any atom is 0.223 e. The van der Waals surface area contributed by atoms with E-state index < -0.39 is 0 Å². The second-order valence-electron chi connectivity index (χ2n) is 4.84. The smallest absolute Gasteiger partial charge is 0.223 e. The predicted octanol–water partition coefficient (Wildman–Crippen LogP) is 1.50. The molecular formula is C12H21NO2S. The molecule has 1 aliphatic heterocycles. The fourth-order valence-corrected chi connectivity index (χ4v) is 4.00. The molecule has 4 heteroatoms. The molecule has 92 valence electrons. The van der Waals surface area contributed by atoms with Crippen molar-refractivity contribution in [3.8, 4) is 0 Å². The lowest BCUT2D eigenvalue weighted by Gasteiger charge is -2.24. The van der Waals surface area contributed by atoms with Crippen LogP contribution < -0.4 is 0 Å². The van der Waals surface area contributed by atoms with E-state index in [0.29, 0.717) is 12.5 Å². The number of likely N-dealkylation sites (tertiary alicyclic amines) is 1. The highest BCUT2D eigenvalue weighted by Gasteiger charge is 2.37. The number of thioether (sulfide) groups is 1. The summed E-state index contributed by atoms with van der Waals surface area (Å²) in [6.45, 7) is 3.13. The maximum absolute atomic E-state index is 11.8. The van der Waals surface area contributed by atoms with E-state index in [2.05, 4.69) is 6.92 Å². The van der Waals surface area contributed by atoms with Gasteiger partial charge in [-0.3, -0.25) is 4.79 Å². The van der Waals surface area contributed by atoms with Gasteiger partial charge in [0.1, 0.15) is 0 Å². The molecule has 3 atom stereocenters. The first-order chi connectivity index (χ1) is 7.74. The van der Waals surface area contributed by atoms with Gasteiger partial charge >= 0.3 is 0 Å². The van der Waals surface area contributed by atoms with E-state index in [1.807, 2.05) is 16.7 Å². The van der Waals surface area contributed by atoms with E-state index in [9.17, 15) is 4.79 Å². The van der Waals surface area contributed by atoms with Crippen LogP contribution in [0.4, 0.5) is 0 Å². The summed E-state index contributed by atoms with van der Waals surface area (Å²) in [6, 6.07) is 0.452. The molecule has 1 saturated heterocycles. The highest BCUT2D eigenvalue weighted by Crippen LogP contribution is 2.35. The maximum atomic E-state index is 11.8. The molecule has 0 spiro atoms. The average Bonchev–Trinajstić information content (AvgIpc) is 2.85. The summed E-state index contributed by atoms with van der Waals surface area (Å²) in [5.74, 6) is 1.61. The Morgan fingerprint density at radius 2 is 2.31 bits per heavy atom. The SMILES string of the molecule is CCSC1CCC(N2CC(CO)CC2=O)C1. The monoisotopic (exact) mass is 243 g/mol. The number of amides is 1. The van der Waals surface area contributed by atoms with Crippen molar-refractivity contribution >= 4 is 17.7 Å². The van der Waals surface area contributed by atoms with E-state index in [1.54, 1.807) is 0 Å². The van der Waals surface area contributed by atoms with E-state index in [1.165, 1.54) is 12.2 Å². The summed E-state index contributed by atoms with van der Waals surface area (Å²) < 4.78 is 0. The van der Waals surface area contributed by atoms with Gasteiger partial charge in [-0.15, -0.1) is 0 Å². The molecule has 0 radical (unpaired) electrons. The quantitative estimate of drug-likeness (QED) is 0.813. The van der Waals surface area contributed by atoms with Crippen molar-refractivity contribution < 1.29 is 9.90 Å². The van der Waals surface area contributed by atoms with Crippen LogP contribution in [0.1, 0.15) is 32.6 Å². The van der Waals surface area contributed by atoms with Crippen LogP contribution in [0, 0.1) is 5.92 Å². The number of hydrogen-bond donors (Lipinski definition) is 1. The number of carbonyl (C=O) groups excluding carboxylic acids is 1. The van der Waals surface area contributed by atoms with Crippen molar-refractivity contribution in [2.24, 2.45) is 5.92 Å². The highest BCUT2D eigenvalue weighted by molar-refractivity contribution is 7.99. The molecule has 3 nitrogen and oxygen atoms in total. The fraction of sp³-hybridized carbons (Fsp3) is 0.917. The van der Waals surface area contributed by atoms with Crippen molar-refractivity contribution in [3.63, 3.8) is 0 Å². The molecule has 0 aromatic heterocycles. The minimum absolute atomic E-state index is 0.155. The van der Waals surface area contributed by atoms with Gasteiger partial charge in [-0.2, -0.15) is 11.8 Å². The van der Waals surface area contributed by atoms with Crippen LogP contribution in [-0.2, 0) is 4.79 Å². The zero-order valence-corrected chi connectivity index (χ0v) is 10.7. The van der Waals surface area contributed by atoms with Gasteiger partial charge in [0, 0.05) is 36.8 Å². The second kappa shape index (κ2) is 5.41. The molecule has 16 heavy (non-hydrogen) atoms. The van der Waals surface area contributed by atoms with Crippen molar-refractivity contribution in [2.75, 3.05) is 18.9 Å². The van der Waals surface area contributed by atoms with Crippen LogP contribution in [0.2, 0.25) is 0 Å². The van der Waals surface area contributed by atoms with Crippen LogP contribution in [0.3, 0.4) is 0 Å². The third-order valence-electron chi connectivity index (χ3n) is 3.70. The number of aliphatic hydroxyl groups is 1. The van der Waals surface area contributed by atoms with Gasteiger partial charge in [0.15, 0.2) is 0 Å². The molecule has 1 amide bonds. The summed E-state index contributed by atoms with van der Waals surface area (Å²) in [5, 5.41) is 9.84. The zero-order chi connectivity index (χ0) is 11.5. The van der Waals surface area contributed by atoms with Gasteiger partial charge < -0.3 is 10.0 Å². The topological polar surface area (TPSA) is 40.5 Å². The molecule has 2 aliphatic rings. The Labute approximate surface area is 102 Å². The van der Waals surface area contributed by atoms with E-state index in [0.717, 1.165) is 24.6 Å². The van der Waals surface area contributed by atoms with Crippen molar-refractivity contribution in [1.82, 2.24) is 4.90 Å². The minimum Gasteiger partial charge on any atom is -0.396 e. The Hall–Kier alpha value is -0.220. The Morgan fingerprint density at radius 1 is 1.50 bits per heavy atom. The molecule has 1 saturated carbocycles. The van der Waals surface area contributed by atoms with Crippen LogP contribution in [-0.4, -0.2) is 46.1 Å². The Morgan fingerprint density at radius 3 is 2.94 bits per heavy atom. The summed E-state index contributed by atoms with van der Waals surface area (Å²) >= 11 is 2.02. The summed E-state index contributed by atoms with van der Waals surface area (Å²) in [5.41, 5.74) is 0. The average molecular weight is 243 g/mol. The lowest BCUT2D eigenvalue weighted by molar-refractivity contribution is -0.129. The summed E-state index contributed by atoms with van der Waals surface area (Å²) in [4.78, 5) is 13.8. The number of rotatable bonds is 4. The number of carbonyl (C=O) groups is 1. The van der Waals surface area contributed by atoms with Gasteiger partial charge in [0.2, 0.25) is 5.91 Å². The molecule has 2 rings (SSSR count). The highest BCUT2D eigenvalue weighted by atomic mass is 32.2. The fourth-order valence-electron chi connectivity index (χ4n) is 2.87. The Kier molecular flexibility index (Phi) is 4.14. The lowest BCUT2D eigenvalue weighted by Crippen LogP contribution is -2.35. The summed E-state index contributed by atoms with van der Waals surface area (Å²) in [7, 11) is 0. The lowest BCUT2D eigenvalue weighted by atomic mass is 10.1. The van der Waals surface area contributed by atoms with E-state index in [4.69, 9.17) is 5.11 Å². The predicted molar refractivity (Wildman–Crippen MR) is 66.5 cm³/mol.